The van der Waals surface area contributed by atoms with Crippen LogP contribution < -0.4 is 15.2 Å². The summed E-state index contributed by atoms with van der Waals surface area (Å²) >= 11 is 0. The lowest BCUT2D eigenvalue weighted by molar-refractivity contribution is -0.118. The Kier molecular flexibility index (Phi) is 3.75. The van der Waals surface area contributed by atoms with Crippen LogP contribution in [0.25, 0.3) is 0 Å². The van der Waals surface area contributed by atoms with Crippen molar-refractivity contribution in [3.8, 4) is 11.5 Å². The van der Waals surface area contributed by atoms with Gasteiger partial charge in [0, 0.05) is 6.42 Å². The van der Waals surface area contributed by atoms with Gasteiger partial charge in [-0.05, 0) is 29.5 Å². The first kappa shape index (κ1) is 12.7. The third kappa shape index (κ3) is 2.75. The van der Waals surface area contributed by atoms with Crippen LogP contribution in [-0.4, -0.2) is 19.1 Å². The molecule has 0 saturated heterocycles. The second-order valence-electron chi connectivity index (χ2n) is 4.92. The second-order valence-corrected chi connectivity index (χ2v) is 4.92. The van der Waals surface area contributed by atoms with E-state index in [1.807, 2.05) is 18.2 Å². The van der Waals surface area contributed by atoms with Gasteiger partial charge in [0.1, 0.15) is 13.2 Å². The third-order valence-electron chi connectivity index (χ3n) is 3.22. The summed E-state index contributed by atoms with van der Waals surface area (Å²) in [7, 11) is 0. The molecule has 0 saturated carbocycles. The summed E-state index contributed by atoms with van der Waals surface area (Å²) in [5.41, 5.74) is 6.39. The first-order valence-corrected chi connectivity index (χ1v) is 6.25. The van der Waals surface area contributed by atoms with Gasteiger partial charge in [-0.1, -0.05) is 19.9 Å². The van der Waals surface area contributed by atoms with E-state index in [2.05, 4.69) is 13.8 Å². The van der Waals surface area contributed by atoms with Crippen molar-refractivity contribution < 1.29 is 14.3 Å². The molecular formula is C14H19NO3. The molecule has 0 spiro atoms. The highest BCUT2D eigenvalue weighted by Crippen LogP contribution is 2.36. The van der Waals surface area contributed by atoms with E-state index in [4.69, 9.17) is 15.2 Å². The summed E-state index contributed by atoms with van der Waals surface area (Å²) in [6.07, 6.45) is 0.358. The molecule has 1 aliphatic heterocycles. The Morgan fingerprint density at radius 3 is 2.56 bits per heavy atom. The Bertz CT molecular complexity index is 443. The van der Waals surface area contributed by atoms with Crippen LogP contribution in [-0.2, 0) is 4.79 Å². The smallest absolute Gasteiger partial charge is 0.218 e. The number of benzene rings is 1. The van der Waals surface area contributed by atoms with Crippen LogP contribution in [0.2, 0.25) is 0 Å². The molecule has 0 fully saturated rings. The highest BCUT2D eigenvalue weighted by atomic mass is 16.6. The standard InChI is InChI=1S/C14H19NO3/c1-9(2)11(8-14(15)16)10-3-4-12-13(7-10)18-6-5-17-12/h3-4,7,9,11H,5-6,8H2,1-2H3,(H2,15,16). The van der Waals surface area contributed by atoms with Crippen LogP contribution in [0.4, 0.5) is 0 Å². The summed E-state index contributed by atoms with van der Waals surface area (Å²) in [6.45, 7) is 5.33. The molecule has 18 heavy (non-hydrogen) atoms. The molecule has 1 unspecified atom stereocenters. The van der Waals surface area contributed by atoms with Crippen LogP contribution >= 0.6 is 0 Å². The maximum atomic E-state index is 11.1. The molecule has 4 heteroatoms. The van der Waals surface area contributed by atoms with Crippen molar-refractivity contribution in [2.75, 3.05) is 13.2 Å². The van der Waals surface area contributed by atoms with Gasteiger partial charge in [0.2, 0.25) is 5.91 Å². The Hall–Kier alpha value is -1.71. The number of rotatable bonds is 4. The molecule has 1 heterocycles. The van der Waals surface area contributed by atoms with E-state index in [1.54, 1.807) is 0 Å². The van der Waals surface area contributed by atoms with Crippen molar-refractivity contribution in [1.29, 1.82) is 0 Å². The summed E-state index contributed by atoms with van der Waals surface area (Å²) in [4.78, 5) is 11.1. The van der Waals surface area contributed by atoms with Crippen LogP contribution in [0.1, 0.15) is 31.7 Å². The van der Waals surface area contributed by atoms with Gasteiger partial charge in [0.15, 0.2) is 11.5 Å². The van der Waals surface area contributed by atoms with E-state index in [0.29, 0.717) is 25.6 Å². The van der Waals surface area contributed by atoms with Gasteiger partial charge in [-0.15, -0.1) is 0 Å². The largest absolute Gasteiger partial charge is 0.486 e. The van der Waals surface area contributed by atoms with Crippen molar-refractivity contribution in [2.45, 2.75) is 26.2 Å². The predicted octanol–water partition coefficient (Wildman–Crippen LogP) is 2.07. The van der Waals surface area contributed by atoms with E-state index in [1.165, 1.54) is 0 Å². The molecule has 2 rings (SSSR count). The Balaban J connectivity index is 2.27. The maximum absolute atomic E-state index is 11.1. The molecule has 0 bridgehead atoms. The molecule has 1 aromatic rings. The normalized spacial score (nSPS) is 15.5. The fourth-order valence-corrected chi connectivity index (χ4v) is 2.25. The van der Waals surface area contributed by atoms with Crippen molar-refractivity contribution >= 4 is 5.91 Å². The van der Waals surface area contributed by atoms with Crippen molar-refractivity contribution in [2.24, 2.45) is 11.7 Å². The number of fused-ring (bicyclic) bond motifs is 1. The lowest BCUT2D eigenvalue weighted by atomic mass is 9.85. The molecule has 1 atom stereocenters. The van der Waals surface area contributed by atoms with Crippen LogP contribution in [0.3, 0.4) is 0 Å². The number of primary amides is 1. The van der Waals surface area contributed by atoms with E-state index < -0.39 is 0 Å². The minimum atomic E-state index is -0.274. The molecule has 4 nitrogen and oxygen atoms in total. The van der Waals surface area contributed by atoms with E-state index in [-0.39, 0.29) is 11.8 Å². The first-order chi connectivity index (χ1) is 8.58. The van der Waals surface area contributed by atoms with Gasteiger partial charge in [0.05, 0.1) is 0 Å². The number of nitrogens with two attached hydrogens (primary N) is 1. The number of hydrogen-bond donors (Lipinski definition) is 1. The highest BCUT2D eigenvalue weighted by Gasteiger charge is 2.21. The molecule has 0 aliphatic carbocycles. The fourth-order valence-electron chi connectivity index (χ4n) is 2.25. The minimum absolute atomic E-state index is 0.123. The monoisotopic (exact) mass is 249 g/mol. The lowest BCUT2D eigenvalue weighted by Crippen LogP contribution is -2.19. The highest BCUT2D eigenvalue weighted by molar-refractivity contribution is 5.74. The SMILES string of the molecule is CC(C)C(CC(N)=O)c1ccc2c(c1)OCCO2. The van der Waals surface area contributed by atoms with Crippen molar-refractivity contribution in [1.82, 2.24) is 0 Å². The van der Waals surface area contributed by atoms with Crippen LogP contribution in [0, 0.1) is 5.92 Å². The fraction of sp³-hybridized carbons (Fsp3) is 0.500. The van der Waals surface area contributed by atoms with Gasteiger partial charge in [-0.25, -0.2) is 0 Å². The number of amides is 1. The number of carbonyl (C=O) groups excluding carboxylic acids is 1. The maximum Gasteiger partial charge on any atom is 0.218 e. The zero-order valence-corrected chi connectivity index (χ0v) is 10.8. The van der Waals surface area contributed by atoms with Gasteiger partial charge in [0.25, 0.3) is 0 Å². The average molecular weight is 249 g/mol. The van der Waals surface area contributed by atoms with E-state index in [9.17, 15) is 4.79 Å². The molecule has 1 aromatic carbocycles. The van der Waals surface area contributed by atoms with E-state index >= 15 is 0 Å². The number of ether oxygens (including phenoxy) is 2. The van der Waals surface area contributed by atoms with E-state index in [0.717, 1.165) is 17.1 Å². The van der Waals surface area contributed by atoms with Crippen molar-refractivity contribution in [3.63, 3.8) is 0 Å². The molecule has 2 N–H and O–H groups in total. The summed E-state index contributed by atoms with van der Waals surface area (Å²) in [5.74, 6) is 1.72. The zero-order valence-electron chi connectivity index (χ0n) is 10.8. The quantitative estimate of drug-likeness (QED) is 0.888. The molecule has 0 aromatic heterocycles. The lowest BCUT2D eigenvalue weighted by Gasteiger charge is -2.23. The summed E-state index contributed by atoms with van der Waals surface area (Å²) in [5, 5.41) is 0. The average Bonchev–Trinajstić information content (AvgIpc) is 2.35. The first-order valence-electron chi connectivity index (χ1n) is 6.25. The number of hydrogen-bond acceptors (Lipinski definition) is 3. The second kappa shape index (κ2) is 5.29. The summed E-state index contributed by atoms with van der Waals surface area (Å²) in [6, 6.07) is 5.85. The molecule has 0 radical (unpaired) electrons. The Morgan fingerprint density at radius 1 is 1.28 bits per heavy atom. The topological polar surface area (TPSA) is 61.6 Å². The molecular weight excluding hydrogens is 230 g/mol. The molecule has 98 valence electrons. The Labute approximate surface area is 107 Å². The molecule has 1 amide bonds. The van der Waals surface area contributed by atoms with Gasteiger partial charge < -0.3 is 15.2 Å². The van der Waals surface area contributed by atoms with Crippen LogP contribution in [0.5, 0.6) is 11.5 Å². The Morgan fingerprint density at radius 2 is 1.94 bits per heavy atom. The van der Waals surface area contributed by atoms with Gasteiger partial charge in [-0.3, -0.25) is 4.79 Å². The molecule has 1 aliphatic rings. The number of carbonyl (C=O) groups is 1. The predicted molar refractivity (Wildman–Crippen MR) is 68.8 cm³/mol. The van der Waals surface area contributed by atoms with Crippen molar-refractivity contribution in [3.05, 3.63) is 23.8 Å². The van der Waals surface area contributed by atoms with Gasteiger partial charge in [-0.2, -0.15) is 0 Å². The third-order valence-corrected chi connectivity index (χ3v) is 3.22. The minimum Gasteiger partial charge on any atom is -0.486 e. The zero-order chi connectivity index (χ0) is 13.1. The van der Waals surface area contributed by atoms with Gasteiger partial charge >= 0.3 is 0 Å². The van der Waals surface area contributed by atoms with Crippen LogP contribution in [0.15, 0.2) is 18.2 Å². The summed E-state index contributed by atoms with van der Waals surface area (Å²) < 4.78 is 11.0.